The van der Waals surface area contributed by atoms with Crippen LogP contribution in [-0.2, 0) is 4.79 Å². The Labute approximate surface area is 127 Å². The molecule has 2 aromatic rings. The predicted octanol–water partition coefficient (Wildman–Crippen LogP) is 4.08. The Hall–Kier alpha value is -1.81. The SMILES string of the molecule is Cc1cccc(OCC(=O)Nc2ccc(C)cc2Br)c1. The topological polar surface area (TPSA) is 38.3 Å². The van der Waals surface area contributed by atoms with Crippen LogP contribution in [0.2, 0.25) is 0 Å². The number of anilines is 1. The number of ether oxygens (including phenoxy) is 1. The van der Waals surface area contributed by atoms with Gasteiger partial charge in [-0.3, -0.25) is 4.79 Å². The summed E-state index contributed by atoms with van der Waals surface area (Å²) < 4.78 is 6.32. The summed E-state index contributed by atoms with van der Waals surface area (Å²) in [6.07, 6.45) is 0. The third-order valence-corrected chi connectivity index (χ3v) is 3.41. The van der Waals surface area contributed by atoms with E-state index in [-0.39, 0.29) is 12.5 Å². The van der Waals surface area contributed by atoms with E-state index >= 15 is 0 Å². The molecule has 0 fully saturated rings. The Bertz CT molecular complexity index is 626. The van der Waals surface area contributed by atoms with Gasteiger partial charge in [0, 0.05) is 4.47 Å². The van der Waals surface area contributed by atoms with Crippen molar-refractivity contribution in [3.8, 4) is 5.75 Å². The molecule has 0 saturated carbocycles. The fourth-order valence-corrected chi connectivity index (χ4v) is 2.35. The number of nitrogens with one attached hydrogen (secondary N) is 1. The first kappa shape index (κ1) is 14.6. The number of hydrogen-bond donors (Lipinski definition) is 1. The number of carbonyl (C=O) groups is 1. The van der Waals surface area contributed by atoms with E-state index in [1.807, 2.05) is 56.3 Å². The highest BCUT2D eigenvalue weighted by Gasteiger charge is 2.06. The van der Waals surface area contributed by atoms with Gasteiger partial charge >= 0.3 is 0 Å². The Morgan fingerprint density at radius 1 is 1.15 bits per heavy atom. The first-order valence-electron chi connectivity index (χ1n) is 6.30. The van der Waals surface area contributed by atoms with E-state index in [2.05, 4.69) is 21.2 Å². The normalized spacial score (nSPS) is 10.2. The maximum Gasteiger partial charge on any atom is 0.262 e. The lowest BCUT2D eigenvalue weighted by Gasteiger charge is -2.09. The van der Waals surface area contributed by atoms with Crippen LogP contribution in [0.25, 0.3) is 0 Å². The second-order valence-electron chi connectivity index (χ2n) is 4.64. The first-order valence-corrected chi connectivity index (χ1v) is 7.09. The highest BCUT2D eigenvalue weighted by molar-refractivity contribution is 9.10. The molecule has 2 rings (SSSR count). The van der Waals surface area contributed by atoms with Crippen LogP contribution >= 0.6 is 15.9 Å². The molecule has 0 spiro atoms. The molecule has 1 amide bonds. The molecule has 104 valence electrons. The lowest BCUT2D eigenvalue weighted by Crippen LogP contribution is -2.20. The maximum atomic E-state index is 11.9. The quantitative estimate of drug-likeness (QED) is 0.915. The lowest BCUT2D eigenvalue weighted by molar-refractivity contribution is -0.118. The van der Waals surface area contributed by atoms with Crippen LogP contribution < -0.4 is 10.1 Å². The van der Waals surface area contributed by atoms with Gasteiger partial charge in [0.05, 0.1) is 5.69 Å². The van der Waals surface area contributed by atoms with Crippen LogP contribution in [0.15, 0.2) is 46.9 Å². The van der Waals surface area contributed by atoms with Gasteiger partial charge in [-0.05, 0) is 65.2 Å². The molecule has 3 nitrogen and oxygen atoms in total. The number of amides is 1. The molecule has 0 bridgehead atoms. The van der Waals surface area contributed by atoms with Crippen molar-refractivity contribution in [3.63, 3.8) is 0 Å². The number of benzene rings is 2. The molecule has 0 heterocycles. The van der Waals surface area contributed by atoms with E-state index in [0.29, 0.717) is 5.75 Å². The molecule has 1 N–H and O–H groups in total. The third kappa shape index (κ3) is 4.10. The summed E-state index contributed by atoms with van der Waals surface area (Å²) in [7, 11) is 0. The maximum absolute atomic E-state index is 11.9. The van der Waals surface area contributed by atoms with Crippen molar-refractivity contribution in [1.82, 2.24) is 0 Å². The minimum absolute atomic E-state index is 0.0101. The standard InChI is InChI=1S/C16H16BrNO2/c1-11-4-3-5-13(8-11)20-10-16(19)18-15-7-6-12(2)9-14(15)17/h3-9H,10H2,1-2H3,(H,18,19). The molecular weight excluding hydrogens is 318 g/mol. The van der Waals surface area contributed by atoms with Crippen molar-refractivity contribution in [1.29, 1.82) is 0 Å². The number of aryl methyl sites for hydroxylation is 2. The molecule has 2 aromatic carbocycles. The number of halogens is 1. The summed E-state index contributed by atoms with van der Waals surface area (Å²) in [6.45, 7) is 3.97. The van der Waals surface area contributed by atoms with Gasteiger partial charge in [-0.15, -0.1) is 0 Å². The summed E-state index contributed by atoms with van der Waals surface area (Å²) in [5, 5.41) is 2.81. The summed E-state index contributed by atoms with van der Waals surface area (Å²) in [5.74, 6) is 0.513. The van der Waals surface area contributed by atoms with Crippen LogP contribution in [0.1, 0.15) is 11.1 Å². The van der Waals surface area contributed by atoms with Crippen molar-refractivity contribution in [2.45, 2.75) is 13.8 Å². The molecule has 0 aromatic heterocycles. The molecule has 20 heavy (non-hydrogen) atoms. The molecule has 0 aliphatic rings. The lowest BCUT2D eigenvalue weighted by atomic mass is 10.2. The Balaban J connectivity index is 1.92. The number of hydrogen-bond acceptors (Lipinski definition) is 2. The van der Waals surface area contributed by atoms with Gasteiger partial charge in [-0.2, -0.15) is 0 Å². The first-order chi connectivity index (χ1) is 9.54. The van der Waals surface area contributed by atoms with E-state index in [0.717, 1.165) is 21.3 Å². The fraction of sp³-hybridized carbons (Fsp3) is 0.188. The van der Waals surface area contributed by atoms with Crippen LogP contribution in [0.5, 0.6) is 5.75 Å². The van der Waals surface area contributed by atoms with Crippen molar-refractivity contribution < 1.29 is 9.53 Å². The van der Waals surface area contributed by atoms with Crippen LogP contribution in [0, 0.1) is 13.8 Å². The minimum Gasteiger partial charge on any atom is -0.484 e. The number of rotatable bonds is 4. The zero-order valence-electron chi connectivity index (χ0n) is 11.4. The van der Waals surface area contributed by atoms with E-state index in [1.165, 1.54) is 0 Å². The van der Waals surface area contributed by atoms with E-state index < -0.39 is 0 Å². The van der Waals surface area contributed by atoms with E-state index in [1.54, 1.807) is 0 Å². The average molecular weight is 334 g/mol. The molecule has 0 radical (unpaired) electrons. The largest absolute Gasteiger partial charge is 0.484 e. The summed E-state index contributed by atoms with van der Waals surface area (Å²) in [4.78, 5) is 11.9. The van der Waals surface area contributed by atoms with Crippen LogP contribution in [0.3, 0.4) is 0 Å². The highest BCUT2D eigenvalue weighted by Crippen LogP contribution is 2.23. The molecule has 4 heteroatoms. The van der Waals surface area contributed by atoms with Crippen LogP contribution in [0.4, 0.5) is 5.69 Å². The Morgan fingerprint density at radius 3 is 2.60 bits per heavy atom. The fourth-order valence-electron chi connectivity index (χ4n) is 1.76. The van der Waals surface area contributed by atoms with Gasteiger partial charge in [0.1, 0.15) is 5.75 Å². The van der Waals surface area contributed by atoms with Crippen molar-refractivity contribution in [2.75, 3.05) is 11.9 Å². The van der Waals surface area contributed by atoms with Gasteiger partial charge < -0.3 is 10.1 Å². The molecule has 0 unspecified atom stereocenters. The van der Waals surface area contributed by atoms with Crippen molar-refractivity contribution >= 4 is 27.5 Å². The molecule has 0 aliphatic carbocycles. The molecule has 0 atom stereocenters. The Kier molecular flexibility index (Phi) is 4.79. The second-order valence-corrected chi connectivity index (χ2v) is 5.49. The third-order valence-electron chi connectivity index (χ3n) is 2.76. The van der Waals surface area contributed by atoms with E-state index in [4.69, 9.17) is 4.74 Å². The van der Waals surface area contributed by atoms with Gasteiger partial charge in [0.25, 0.3) is 5.91 Å². The zero-order chi connectivity index (χ0) is 14.5. The monoisotopic (exact) mass is 333 g/mol. The second kappa shape index (κ2) is 6.57. The average Bonchev–Trinajstić information content (AvgIpc) is 2.40. The highest BCUT2D eigenvalue weighted by atomic mass is 79.9. The Morgan fingerprint density at radius 2 is 1.90 bits per heavy atom. The summed E-state index contributed by atoms with van der Waals surface area (Å²) in [5.41, 5.74) is 2.98. The van der Waals surface area contributed by atoms with Gasteiger partial charge in [0.15, 0.2) is 6.61 Å². The van der Waals surface area contributed by atoms with Crippen molar-refractivity contribution in [3.05, 3.63) is 58.1 Å². The van der Waals surface area contributed by atoms with Gasteiger partial charge in [0.2, 0.25) is 0 Å². The molecule has 0 saturated heterocycles. The molecule has 0 aliphatic heterocycles. The smallest absolute Gasteiger partial charge is 0.262 e. The number of carbonyl (C=O) groups excluding carboxylic acids is 1. The minimum atomic E-state index is -0.184. The summed E-state index contributed by atoms with van der Waals surface area (Å²) >= 11 is 3.43. The van der Waals surface area contributed by atoms with Gasteiger partial charge in [-0.25, -0.2) is 0 Å². The van der Waals surface area contributed by atoms with Crippen molar-refractivity contribution in [2.24, 2.45) is 0 Å². The van der Waals surface area contributed by atoms with Crippen LogP contribution in [-0.4, -0.2) is 12.5 Å². The predicted molar refractivity (Wildman–Crippen MR) is 84.2 cm³/mol. The molecular formula is C16H16BrNO2. The zero-order valence-corrected chi connectivity index (χ0v) is 13.0. The van der Waals surface area contributed by atoms with Gasteiger partial charge in [-0.1, -0.05) is 18.2 Å². The van der Waals surface area contributed by atoms with E-state index in [9.17, 15) is 4.79 Å². The summed E-state index contributed by atoms with van der Waals surface area (Å²) in [6, 6.07) is 13.4.